The molecule has 0 heterocycles. The second-order valence-corrected chi connectivity index (χ2v) is 5.24. The molecule has 2 aromatic carbocycles. The number of thioether (sulfide) groups is 1. The summed E-state index contributed by atoms with van der Waals surface area (Å²) in [6, 6.07) is 14.9. The molecule has 0 aliphatic rings. The van der Waals surface area contributed by atoms with Crippen LogP contribution in [0.25, 0.3) is 0 Å². The molecule has 0 saturated carbocycles. The van der Waals surface area contributed by atoms with Crippen molar-refractivity contribution in [3.05, 3.63) is 59.7 Å². The van der Waals surface area contributed by atoms with Gasteiger partial charge in [-0.05, 0) is 48.9 Å². The highest BCUT2D eigenvalue weighted by molar-refractivity contribution is 7.98. The van der Waals surface area contributed by atoms with E-state index in [2.05, 4.69) is 0 Å². The number of ether oxygens (including phenoxy) is 1. The first-order valence-corrected chi connectivity index (χ1v) is 7.35. The number of aromatic carboxylic acids is 1. The first-order valence-electron chi connectivity index (χ1n) is 6.37. The lowest BCUT2D eigenvalue weighted by Crippen LogP contribution is -1.94. The fourth-order valence-electron chi connectivity index (χ4n) is 1.71. The van der Waals surface area contributed by atoms with Crippen LogP contribution in [0.1, 0.15) is 22.8 Å². The fourth-order valence-corrected chi connectivity index (χ4v) is 2.56. The molecule has 4 heteroatoms. The number of hydrogen-bond acceptors (Lipinski definition) is 3. The van der Waals surface area contributed by atoms with E-state index < -0.39 is 5.97 Å². The van der Waals surface area contributed by atoms with Gasteiger partial charge in [0.1, 0.15) is 5.75 Å². The molecule has 0 aromatic heterocycles. The maximum absolute atomic E-state index is 10.8. The van der Waals surface area contributed by atoms with Gasteiger partial charge >= 0.3 is 5.97 Å². The van der Waals surface area contributed by atoms with Crippen molar-refractivity contribution in [2.75, 3.05) is 6.61 Å². The monoisotopic (exact) mass is 288 g/mol. The van der Waals surface area contributed by atoms with E-state index in [0.29, 0.717) is 12.2 Å². The minimum atomic E-state index is -0.895. The summed E-state index contributed by atoms with van der Waals surface area (Å²) in [5, 5.41) is 8.83. The zero-order valence-electron chi connectivity index (χ0n) is 11.2. The molecule has 0 aliphatic carbocycles. The van der Waals surface area contributed by atoms with E-state index in [1.807, 2.05) is 43.3 Å². The summed E-state index contributed by atoms with van der Waals surface area (Å²) in [6.07, 6.45) is 0. The van der Waals surface area contributed by atoms with Crippen LogP contribution in [-0.4, -0.2) is 17.7 Å². The largest absolute Gasteiger partial charge is 0.494 e. The molecule has 0 bridgehead atoms. The van der Waals surface area contributed by atoms with Gasteiger partial charge in [0.05, 0.1) is 12.2 Å². The van der Waals surface area contributed by atoms with Gasteiger partial charge < -0.3 is 9.84 Å². The molecular weight excluding hydrogens is 272 g/mol. The van der Waals surface area contributed by atoms with Crippen molar-refractivity contribution in [1.29, 1.82) is 0 Å². The molecule has 0 radical (unpaired) electrons. The van der Waals surface area contributed by atoms with Crippen LogP contribution in [0.2, 0.25) is 0 Å². The number of benzene rings is 2. The SMILES string of the molecule is CCOc1ccc(CSc2ccc(C(=O)O)cc2)cc1. The summed E-state index contributed by atoms with van der Waals surface area (Å²) in [6.45, 7) is 2.63. The van der Waals surface area contributed by atoms with Crippen molar-refractivity contribution in [3.63, 3.8) is 0 Å². The van der Waals surface area contributed by atoms with E-state index in [0.717, 1.165) is 16.4 Å². The van der Waals surface area contributed by atoms with Crippen molar-refractivity contribution < 1.29 is 14.6 Å². The summed E-state index contributed by atoms with van der Waals surface area (Å²) < 4.78 is 5.40. The summed E-state index contributed by atoms with van der Waals surface area (Å²) in [5.41, 5.74) is 1.52. The summed E-state index contributed by atoms with van der Waals surface area (Å²) >= 11 is 1.68. The molecule has 20 heavy (non-hydrogen) atoms. The third kappa shape index (κ3) is 4.03. The maximum Gasteiger partial charge on any atom is 0.335 e. The number of carboxylic acids is 1. The molecule has 2 rings (SSSR count). The fraction of sp³-hybridized carbons (Fsp3) is 0.188. The Labute approximate surface area is 122 Å². The van der Waals surface area contributed by atoms with E-state index in [1.54, 1.807) is 23.9 Å². The minimum Gasteiger partial charge on any atom is -0.494 e. The molecule has 3 nitrogen and oxygen atoms in total. The molecule has 0 saturated heterocycles. The predicted molar refractivity (Wildman–Crippen MR) is 80.6 cm³/mol. The van der Waals surface area contributed by atoms with Crippen LogP contribution in [0.15, 0.2) is 53.4 Å². The molecular formula is C16H16O3S. The van der Waals surface area contributed by atoms with Gasteiger partial charge in [-0.15, -0.1) is 11.8 Å². The molecule has 104 valence electrons. The number of rotatable bonds is 6. The topological polar surface area (TPSA) is 46.5 Å². The maximum atomic E-state index is 10.8. The zero-order valence-corrected chi connectivity index (χ0v) is 12.0. The van der Waals surface area contributed by atoms with E-state index in [1.165, 1.54) is 5.56 Å². The molecule has 0 fully saturated rings. The first kappa shape index (κ1) is 14.5. The van der Waals surface area contributed by atoms with Crippen molar-refractivity contribution in [3.8, 4) is 5.75 Å². The third-order valence-corrected chi connectivity index (χ3v) is 3.82. The predicted octanol–water partition coefficient (Wildman–Crippen LogP) is 4.08. The second kappa shape index (κ2) is 7.01. The summed E-state index contributed by atoms with van der Waals surface area (Å²) in [4.78, 5) is 11.8. The molecule has 0 atom stereocenters. The lowest BCUT2D eigenvalue weighted by Gasteiger charge is -2.05. The summed E-state index contributed by atoms with van der Waals surface area (Å²) in [5.74, 6) is 0.832. The van der Waals surface area contributed by atoms with Gasteiger partial charge in [0.15, 0.2) is 0 Å². The Balaban J connectivity index is 1.92. The standard InChI is InChI=1S/C16H16O3S/c1-2-19-14-7-3-12(4-8-14)11-20-15-9-5-13(6-10-15)16(17)18/h3-10H,2,11H2,1H3,(H,17,18). The van der Waals surface area contributed by atoms with Gasteiger partial charge in [-0.1, -0.05) is 12.1 Å². The Morgan fingerprint density at radius 2 is 1.75 bits per heavy atom. The minimum absolute atomic E-state index is 0.315. The van der Waals surface area contributed by atoms with Crippen LogP contribution < -0.4 is 4.74 Å². The van der Waals surface area contributed by atoms with Gasteiger partial charge in [0, 0.05) is 10.6 Å². The molecule has 1 N–H and O–H groups in total. The van der Waals surface area contributed by atoms with E-state index in [4.69, 9.17) is 9.84 Å². The van der Waals surface area contributed by atoms with Crippen LogP contribution in [0.5, 0.6) is 5.75 Å². The lowest BCUT2D eigenvalue weighted by molar-refractivity contribution is 0.0697. The van der Waals surface area contributed by atoms with E-state index in [9.17, 15) is 4.79 Å². The van der Waals surface area contributed by atoms with Crippen LogP contribution in [-0.2, 0) is 5.75 Å². The Hall–Kier alpha value is -1.94. The quantitative estimate of drug-likeness (QED) is 0.814. The van der Waals surface area contributed by atoms with Crippen molar-refractivity contribution in [2.24, 2.45) is 0 Å². The van der Waals surface area contributed by atoms with Crippen molar-refractivity contribution in [2.45, 2.75) is 17.6 Å². The highest BCUT2D eigenvalue weighted by Gasteiger charge is 2.02. The molecule has 0 amide bonds. The van der Waals surface area contributed by atoms with Gasteiger partial charge in [0.25, 0.3) is 0 Å². The van der Waals surface area contributed by atoms with Crippen LogP contribution in [0, 0.1) is 0 Å². The number of carbonyl (C=O) groups is 1. The smallest absolute Gasteiger partial charge is 0.335 e. The van der Waals surface area contributed by atoms with Crippen LogP contribution >= 0.6 is 11.8 Å². The number of hydrogen-bond donors (Lipinski definition) is 1. The number of carboxylic acid groups (broad SMARTS) is 1. The Morgan fingerprint density at radius 1 is 1.10 bits per heavy atom. The first-order chi connectivity index (χ1) is 9.69. The normalized spacial score (nSPS) is 10.2. The van der Waals surface area contributed by atoms with Crippen molar-refractivity contribution >= 4 is 17.7 Å². The molecule has 0 aliphatic heterocycles. The highest BCUT2D eigenvalue weighted by Crippen LogP contribution is 2.24. The Kier molecular flexibility index (Phi) is 5.07. The Bertz CT molecular complexity index is 561. The molecule has 2 aromatic rings. The molecule has 0 unspecified atom stereocenters. The highest BCUT2D eigenvalue weighted by atomic mass is 32.2. The lowest BCUT2D eigenvalue weighted by atomic mass is 10.2. The van der Waals surface area contributed by atoms with E-state index in [-0.39, 0.29) is 0 Å². The van der Waals surface area contributed by atoms with Crippen molar-refractivity contribution in [1.82, 2.24) is 0 Å². The van der Waals surface area contributed by atoms with Gasteiger partial charge in [-0.3, -0.25) is 0 Å². The van der Waals surface area contributed by atoms with Gasteiger partial charge in [0.2, 0.25) is 0 Å². The third-order valence-electron chi connectivity index (χ3n) is 2.74. The Morgan fingerprint density at radius 3 is 2.30 bits per heavy atom. The molecule has 0 spiro atoms. The van der Waals surface area contributed by atoms with Gasteiger partial charge in [-0.2, -0.15) is 0 Å². The van der Waals surface area contributed by atoms with Crippen LogP contribution in [0.4, 0.5) is 0 Å². The van der Waals surface area contributed by atoms with E-state index >= 15 is 0 Å². The zero-order chi connectivity index (χ0) is 14.4. The van der Waals surface area contributed by atoms with Gasteiger partial charge in [-0.25, -0.2) is 4.79 Å². The average Bonchev–Trinajstić information content (AvgIpc) is 2.47. The van der Waals surface area contributed by atoms with Crippen LogP contribution in [0.3, 0.4) is 0 Å². The second-order valence-electron chi connectivity index (χ2n) is 4.20. The average molecular weight is 288 g/mol. The summed E-state index contributed by atoms with van der Waals surface area (Å²) in [7, 11) is 0.